The van der Waals surface area contributed by atoms with Crippen LogP contribution in [0, 0.1) is 11.3 Å². The van der Waals surface area contributed by atoms with Crippen LogP contribution in [0.1, 0.15) is 73.8 Å². The van der Waals surface area contributed by atoms with E-state index in [0.717, 1.165) is 16.5 Å². The fourth-order valence-corrected chi connectivity index (χ4v) is 7.09. The molecule has 56 heavy (non-hydrogen) atoms. The van der Waals surface area contributed by atoms with Crippen molar-refractivity contribution in [1.29, 1.82) is 0 Å². The summed E-state index contributed by atoms with van der Waals surface area (Å²) >= 11 is 0. The molecule has 1 aliphatic heterocycles. The number of nitrogens with one attached hydrogen (secondary N) is 4. The van der Waals surface area contributed by atoms with Crippen molar-refractivity contribution < 1.29 is 39.0 Å². The number of carbonyl (C=O) groups excluding carboxylic acids is 5. The average molecular weight is 780 g/mol. The van der Waals surface area contributed by atoms with Crippen LogP contribution >= 0.6 is 0 Å². The summed E-state index contributed by atoms with van der Waals surface area (Å²) in [4.78, 5) is 80.7. The van der Waals surface area contributed by atoms with Crippen molar-refractivity contribution in [3.05, 3.63) is 59.8 Å². The predicted octanol–water partition coefficient (Wildman–Crippen LogP) is 2.19. The summed E-state index contributed by atoms with van der Waals surface area (Å²) in [5.41, 5.74) is 0.813. The quantitative estimate of drug-likeness (QED) is 0.123. The van der Waals surface area contributed by atoms with Crippen LogP contribution in [0.2, 0.25) is 0 Å². The maximum Gasteiger partial charge on any atom is 0.326 e. The summed E-state index contributed by atoms with van der Waals surface area (Å²) < 4.78 is 2.03. The van der Waals surface area contributed by atoms with E-state index >= 15 is 0 Å². The third-order valence-corrected chi connectivity index (χ3v) is 10.5. The first-order chi connectivity index (χ1) is 26.0. The molecule has 2 aromatic rings. The topological polar surface area (TPSA) is 202 Å². The number of aromatic nitrogens is 1. The molecule has 0 fully saturated rings. The minimum absolute atomic E-state index is 0.0526. The van der Waals surface area contributed by atoms with Crippen LogP contribution in [-0.4, -0.2) is 118 Å². The van der Waals surface area contributed by atoms with E-state index in [9.17, 15) is 39.0 Å². The normalized spacial score (nSPS) is 17.1. The first kappa shape index (κ1) is 45.4. The Balaban J connectivity index is 1.72. The number of hydrogen-bond donors (Lipinski definition) is 6. The lowest BCUT2D eigenvalue weighted by Crippen LogP contribution is -2.61. The van der Waals surface area contributed by atoms with E-state index in [1.807, 2.05) is 90.5 Å². The number of amides is 5. The number of carboxylic acids is 1. The molecule has 308 valence electrons. The van der Waals surface area contributed by atoms with Crippen LogP contribution < -0.4 is 21.3 Å². The molecular formula is C41H61N7O8. The molecule has 6 N–H and O–H groups in total. The zero-order valence-electron chi connectivity index (χ0n) is 34.6. The Hall–Kier alpha value is -5.02. The molecule has 1 aromatic carbocycles. The zero-order chi connectivity index (χ0) is 42.3. The number of hydrogen-bond acceptors (Lipinski definition) is 8. The predicted molar refractivity (Wildman–Crippen MR) is 214 cm³/mol. The van der Waals surface area contributed by atoms with Crippen LogP contribution in [0.4, 0.5) is 0 Å². The van der Waals surface area contributed by atoms with E-state index in [1.54, 1.807) is 20.2 Å². The van der Waals surface area contributed by atoms with Gasteiger partial charge in [0.25, 0.3) is 0 Å². The minimum atomic E-state index is -1.38. The molecule has 0 saturated carbocycles. The molecule has 1 aromatic heterocycles. The van der Waals surface area contributed by atoms with Crippen molar-refractivity contribution in [2.75, 3.05) is 27.2 Å². The monoisotopic (exact) mass is 779 g/mol. The van der Waals surface area contributed by atoms with Gasteiger partial charge in [-0.15, -0.1) is 0 Å². The number of aliphatic carboxylic acids is 1. The van der Waals surface area contributed by atoms with Crippen molar-refractivity contribution in [2.45, 2.75) is 104 Å². The van der Waals surface area contributed by atoms with Gasteiger partial charge in [-0.25, -0.2) is 4.79 Å². The Morgan fingerprint density at radius 2 is 1.66 bits per heavy atom. The molecule has 15 heteroatoms. The van der Waals surface area contributed by atoms with E-state index in [1.165, 1.54) is 28.9 Å². The number of rotatable bonds is 18. The van der Waals surface area contributed by atoms with Crippen molar-refractivity contribution in [2.24, 2.45) is 18.4 Å². The molecule has 0 radical (unpaired) electrons. The first-order valence-electron chi connectivity index (χ1n) is 19.0. The number of benzene rings is 1. The molecule has 1 aliphatic rings. The highest BCUT2D eigenvalue weighted by atomic mass is 16.4. The number of fused-ring (bicyclic) bond motifs is 1. The fourth-order valence-electron chi connectivity index (χ4n) is 7.09. The molecule has 0 aliphatic carbocycles. The van der Waals surface area contributed by atoms with Gasteiger partial charge >= 0.3 is 5.97 Å². The highest BCUT2D eigenvalue weighted by Gasteiger charge is 2.42. The molecule has 0 spiro atoms. The lowest BCUT2D eigenvalue weighted by atomic mass is 9.76. The third-order valence-electron chi connectivity index (χ3n) is 10.5. The number of nitrogens with zero attached hydrogens (tertiary/aromatic N) is 3. The maximum atomic E-state index is 14.3. The summed E-state index contributed by atoms with van der Waals surface area (Å²) in [5, 5.41) is 32.0. The van der Waals surface area contributed by atoms with Crippen LogP contribution in [0.3, 0.4) is 0 Å². The molecule has 3 rings (SSSR count). The molecule has 1 unspecified atom stereocenters. The van der Waals surface area contributed by atoms with Gasteiger partial charge < -0.3 is 45.8 Å². The summed E-state index contributed by atoms with van der Waals surface area (Å²) in [6.45, 7) is 15.0. The third kappa shape index (κ3) is 10.8. The number of carbonyl (C=O) groups is 6. The molecule has 15 nitrogen and oxygen atoms in total. The van der Waals surface area contributed by atoms with Crippen molar-refractivity contribution in [3.8, 4) is 0 Å². The second-order valence-electron chi connectivity index (χ2n) is 16.5. The lowest BCUT2D eigenvalue weighted by molar-refractivity contribution is -0.141. The number of carboxylic acid groups (broad SMARTS) is 1. The second kappa shape index (κ2) is 18.7. The fraction of sp³-hybridized carbons (Fsp3) is 0.561. The zero-order valence-corrected chi connectivity index (χ0v) is 34.6. The average Bonchev–Trinajstić information content (AvgIpc) is 3.63. The molecule has 0 saturated heterocycles. The van der Waals surface area contributed by atoms with Gasteiger partial charge in [0.15, 0.2) is 0 Å². The molecular weight excluding hydrogens is 718 g/mol. The van der Waals surface area contributed by atoms with Gasteiger partial charge in [0.2, 0.25) is 29.5 Å². The first-order valence-corrected chi connectivity index (χ1v) is 19.0. The smallest absolute Gasteiger partial charge is 0.326 e. The molecule has 5 atom stereocenters. The van der Waals surface area contributed by atoms with Crippen LogP contribution in [0.15, 0.2) is 54.3 Å². The van der Waals surface area contributed by atoms with E-state index < -0.39 is 59.0 Å². The number of aliphatic hydroxyl groups is 1. The van der Waals surface area contributed by atoms with E-state index in [0.29, 0.717) is 0 Å². The van der Waals surface area contributed by atoms with Gasteiger partial charge in [0, 0.05) is 67.8 Å². The number of aryl methyl sites for hydroxylation is 1. The van der Waals surface area contributed by atoms with Crippen molar-refractivity contribution >= 4 is 46.4 Å². The summed E-state index contributed by atoms with van der Waals surface area (Å²) in [5.74, 6) is -3.74. The Labute approximate surface area is 329 Å². The Bertz CT molecular complexity index is 1840. The summed E-state index contributed by atoms with van der Waals surface area (Å²) in [6, 6.07) is 4.37. The Morgan fingerprint density at radius 3 is 2.21 bits per heavy atom. The minimum Gasteiger partial charge on any atom is -0.480 e. The van der Waals surface area contributed by atoms with E-state index in [2.05, 4.69) is 21.3 Å². The highest BCUT2D eigenvalue weighted by molar-refractivity contribution is 5.96. The van der Waals surface area contributed by atoms with Crippen LogP contribution in [0.25, 0.3) is 10.9 Å². The second-order valence-corrected chi connectivity index (χ2v) is 16.5. The summed E-state index contributed by atoms with van der Waals surface area (Å²) in [6.07, 6.45) is 4.73. The van der Waals surface area contributed by atoms with Gasteiger partial charge in [0.1, 0.15) is 18.3 Å². The highest BCUT2D eigenvalue weighted by Crippen LogP contribution is 2.35. The van der Waals surface area contributed by atoms with Crippen molar-refractivity contribution in [3.63, 3.8) is 0 Å². The number of para-hydroxylation sites is 1. The van der Waals surface area contributed by atoms with E-state index in [-0.39, 0.29) is 55.1 Å². The molecule has 5 amide bonds. The maximum absolute atomic E-state index is 14.3. The number of aliphatic hydroxyl groups excluding tert-OH is 1. The largest absolute Gasteiger partial charge is 0.480 e. The molecule has 0 bridgehead atoms. The SMILES string of the molecule is CN[C@H](C(=O)N[C@H](C(=O)N(C)[C@H](/C=C(\C)C(=O)N[C@H](CCC(=O)NCCN1C(=O)C=CC1O)C(=O)O)C(C)C)C(C)(C)C)C(C)(C)c1cn(C)c2ccccc12. The van der Waals surface area contributed by atoms with Gasteiger partial charge in [-0.2, -0.15) is 0 Å². The molecule has 2 heterocycles. The lowest BCUT2D eigenvalue weighted by Gasteiger charge is -2.39. The van der Waals surface area contributed by atoms with Gasteiger partial charge in [0.05, 0.1) is 12.1 Å². The summed E-state index contributed by atoms with van der Waals surface area (Å²) in [7, 11) is 5.30. The van der Waals surface area contributed by atoms with Crippen LogP contribution in [-0.2, 0) is 41.2 Å². The van der Waals surface area contributed by atoms with Crippen LogP contribution in [0.5, 0.6) is 0 Å². The van der Waals surface area contributed by atoms with E-state index in [4.69, 9.17) is 0 Å². The Kier molecular flexibility index (Phi) is 15.2. The number of likely N-dealkylation sites (N-methyl/N-ethyl adjacent to an activating group) is 2. The van der Waals surface area contributed by atoms with Crippen molar-refractivity contribution in [1.82, 2.24) is 35.6 Å². The van der Waals surface area contributed by atoms with Gasteiger partial charge in [-0.3, -0.25) is 24.0 Å². The Morgan fingerprint density at radius 1 is 1.02 bits per heavy atom. The van der Waals surface area contributed by atoms with Gasteiger partial charge in [-0.1, -0.05) is 72.7 Å². The standard InChI is InChI=1S/C41H61N7O8/c1-24(2)30(22-25(3)36(52)44-28(39(55)56)16-17-31(49)43-20-21-48-32(50)18-19-33(48)51)47(11)38(54)35(40(4,5)6)45-37(53)34(42-9)41(7,8)27-23-46(10)29-15-13-12-14-26(27)29/h12-15,18-19,22-24,28,30,32,34-35,42,50H,16-17,20-21H2,1-11H3,(H,43,49)(H,44,52)(H,45,53)(H,55,56)/b25-22+/t28-,30-,32?,34-,35-/m1/s1. The van der Waals surface area contributed by atoms with Gasteiger partial charge in [-0.05, 0) is 49.4 Å².